The summed E-state index contributed by atoms with van der Waals surface area (Å²) in [5, 5.41) is 0. The number of rotatable bonds is 5. The Labute approximate surface area is 68.9 Å². The van der Waals surface area contributed by atoms with Gasteiger partial charge in [0.1, 0.15) is 0 Å². The van der Waals surface area contributed by atoms with Crippen LogP contribution in [0.1, 0.15) is 27.2 Å². The number of nitrogens with two attached hydrogens (primary N) is 1. The molecule has 2 atom stereocenters. The molecule has 0 aliphatic rings. The lowest BCUT2D eigenvalue weighted by Crippen LogP contribution is -2.49. The zero-order valence-electron chi connectivity index (χ0n) is 7.89. The van der Waals surface area contributed by atoms with Gasteiger partial charge >= 0.3 is 0 Å². The molecular formula is C8H19NO2. The van der Waals surface area contributed by atoms with Gasteiger partial charge in [-0.15, -0.1) is 0 Å². The van der Waals surface area contributed by atoms with E-state index in [1.807, 2.05) is 20.8 Å². The van der Waals surface area contributed by atoms with Crippen LogP contribution in [0.2, 0.25) is 0 Å². The van der Waals surface area contributed by atoms with Crippen molar-refractivity contribution in [1.29, 1.82) is 0 Å². The predicted octanol–water partition coefficient (Wildman–Crippen LogP) is 1.12. The number of hydrogen-bond acceptors (Lipinski definition) is 3. The fraction of sp³-hybridized carbons (Fsp3) is 1.00. The maximum absolute atomic E-state index is 5.73. The molecule has 0 saturated carbocycles. The van der Waals surface area contributed by atoms with Gasteiger partial charge < -0.3 is 15.2 Å². The second kappa shape index (κ2) is 4.70. The quantitative estimate of drug-likeness (QED) is 0.614. The van der Waals surface area contributed by atoms with E-state index in [1.54, 1.807) is 7.11 Å². The molecule has 0 fully saturated rings. The smallest absolute Gasteiger partial charge is 0.182 e. The van der Waals surface area contributed by atoms with Gasteiger partial charge in [0.15, 0.2) is 5.79 Å². The fourth-order valence-electron chi connectivity index (χ4n) is 1.19. The first-order valence-electron chi connectivity index (χ1n) is 4.07. The lowest BCUT2D eigenvalue weighted by molar-refractivity contribution is -0.231. The molecule has 0 aromatic heterocycles. The van der Waals surface area contributed by atoms with Crippen LogP contribution in [-0.4, -0.2) is 25.5 Å². The molecule has 0 aliphatic heterocycles. The molecule has 0 heterocycles. The molecule has 0 saturated heterocycles. The van der Waals surface area contributed by atoms with Crippen LogP contribution < -0.4 is 5.73 Å². The molecule has 0 aliphatic carbocycles. The molecule has 0 bridgehead atoms. The summed E-state index contributed by atoms with van der Waals surface area (Å²) in [7, 11) is 1.63. The van der Waals surface area contributed by atoms with Gasteiger partial charge in [-0.2, -0.15) is 0 Å². The van der Waals surface area contributed by atoms with E-state index < -0.39 is 5.79 Å². The number of ether oxygens (including phenoxy) is 2. The van der Waals surface area contributed by atoms with Gasteiger partial charge in [-0.3, -0.25) is 0 Å². The van der Waals surface area contributed by atoms with E-state index in [2.05, 4.69) is 0 Å². The Morgan fingerprint density at radius 1 is 1.45 bits per heavy atom. The highest BCUT2D eigenvalue weighted by Gasteiger charge is 2.32. The van der Waals surface area contributed by atoms with E-state index in [0.717, 1.165) is 6.42 Å². The van der Waals surface area contributed by atoms with Gasteiger partial charge in [0, 0.05) is 20.1 Å². The summed E-state index contributed by atoms with van der Waals surface area (Å²) in [6, 6.07) is -0.0996. The molecule has 2 unspecified atom stereocenters. The van der Waals surface area contributed by atoms with E-state index in [0.29, 0.717) is 6.61 Å². The van der Waals surface area contributed by atoms with Crippen LogP contribution in [0.25, 0.3) is 0 Å². The average molecular weight is 161 g/mol. The Hall–Kier alpha value is -0.120. The highest BCUT2D eigenvalue weighted by Crippen LogP contribution is 2.19. The van der Waals surface area contributed by atoms with E-state index in [9.17, 15) is 0 Å². The Balaban J connectivity index is 4.20. The minimum Gasteiger partial charge on any atom is -0.352 e. The first kappa shape index (κ1) is 10.9. The van der Waals surface area contributed by atoms with Gasteiger partial charge in [-0.05, 0) is 13.8 Å². The zero-order chi connectivity index (χ0) is 8.91. The van der Waals surface area contributed by atoms with Crippen LogP contribution in [-0.2, 0) is 9.47 Å². The Kier molecular flexibility index (Phi) is 4.65. The molecule has 0 radical (unpaired) electrons. The van der Waals surface area contributed by atoms with Crippen molar-refractivity contribution in [2.24, 2.45) is 5.73 Å². The maximum Gasteiger partial charge on any atom is 0.182 e. The Morgan fingerprint density at radius 2 is 2.00 bits per heavy atom. The molecule has 0 spiro atoms. The molecule has 11 heavy (non-hydrogen) atoms. The van der Waals surface area contributed by atoms with Crippen molar-refractivity contribution in [2.45, 2.75) is 39.0 Å². The highest BCUT2D eigenvalue weighted by atomic mass is 16.7. The standard InChI is InChI=1S/C8H19NO2/c1-5-8(10-4,7(3)9)11-6-2/h7H,5-6,9H2,1-4H3. The van der Waals surface area contributed by atoms with Crippen LogP contribution in [0, 0.1) is 0 Å². The van der Waals surface area contributed by atoms with Crippen molar-refractivity contribution >= 4 is 0 Å². The molecule has 0 aromatic carbocycles. The Morgan fingerprint density at radius 3 is 2.09 bits per heavy atom. The summed E-state index contributed by atoms with van der Waals surface area (Å²) in [6.45, 7) is 6.46. The van der Waals surface area contributed by atoms with Crippen LogP contribution in [0.4, 0.5) is 0 Å². The zero-order valence-corrected chi connectivity index (χ0v) is 7.89. The summed E-state index contributed by atoms with van der Waals surface area (Å²) in [4.78, 5) is 0. The van der Waals surface area contributed by atoms with Crippen molar-refractivity contribution < 1.29 is 9.47 Å². The maximum atomic E-state index is 5.73. The molecular weight excluding hydrogens is 142 g/mol. The Bertz CT molecular complexity index is 100. The predicted molar refractivity (Wildman–Crippen MR) is 45.3 cm³/mol. The average Bonchev–Trinajstić information content (AvgIpc) is 2.00. The monoisotopic (exact) mass is 161 g/mol. The van der Waals surface area contributed by atoms with Gasteiger partial charge in [-0.1, -0.05) is 6.92 Å². The summed E-state index contributed by atoms with van der Waals surface area (Å²) < 4.78 is 10.7. The molecule has 68 valence electrons. The summed E-state index contributed by atoms with van der Waals surface area (Å²) in [6.07, 6.45) is 0.773. The molecule has 2 N–H and O–H groups in total. The lowest BCUT2D eigenvalue weighted by Gasteiger charge is -2.34. The van der Waals surface area contributed by atoms with Crippen molar-refractivity contribution in [3.8, 4) is 0 Å². The second-order valence-electron chi connectivity index (χ2n) is 2.59. The minimum atomic E-state index is -0.589. The SMILES string of the molecule is CCOC(CC)(OC)C(C)N. The van der Waals surface area contributed by atoms with Crippen LogP contribution in [0.5, 0.6) is 0 Å². The van der Waals surface area contributed by atoms with Crippen LogP contribution in [0.15, 0.2) is 0 Å². The largest absolute Gasteiger partial charge is 0.352 e. The van der Waals surface area contributed by atoms with E-state index >= 15 is 0 Å². The molecule has 0 amide bonds. The third-order valence-corrected chi connectivity index (χ3v) is 1.92. The van der Waals surface area contributed by atoms with Gasteiger partial charge in [0.05, 0.1) is 6.04 Å². The molecule has 3 heteroatoms. The van der Waals surface area contributed by atoms with Gasteiger partial charge in [0.25, 0.3) is 0 Å². The highest BCUT2D eigenvalue weighted by molar-refractivity contribution is 4.77. The topological polar surface area (TPSA) is 44.5 Å². The normalized spacial score (nSPS) is 19.4. The summed E-state index contributed by atoms with van der Waals surface area (Å²) in [5.41, 5.74) is 5.73. The van der Waals surface area contributed by atoms with Crippen molar-refractivity contribution in [2.75, 3.05) is 13.7 Å². The van der Waals surface area contributed by atoms with Crippen LogP contribution >= 0.6 is 0 Å². The molecule has 0 aromatic rings. The van der Waals surface area contributed by atoms with Crippen molar-refractivity contribution in [1.82, 2.24) is 0 Å². The third-order valence-electron chi connectivity index (χ3n) is 1.92. The third kappa shape index (κ3) is 2.43. The molecule has 3 nitrogen and oxygen atoms in total. The van der Waals surface area contributed by atoms with Crippen molar-refractivity contribution in [3.63, 3.8) is 0 Å². The van der Waals surface area contributed by atoms with Crippen molar-refractivity contribution in [3.05, 3.63) is 0 Å². The second-order valence-corrected chi connectivity index (χ2v) is 2.59. The molecule has 0 rings (SSSR count). The fourth-order valence-corrected chi connectivity index (χ4v) is 1.19. The summed E-state index contributed by atoms with van der Waals surface area (Å²) in [5.74, 6) is -0.589. The number of hydrogen-bond donors (Lipinski definition) is 1. The van der Waals surface area contributed by atoms with Gasteiger partial charge in [-0.25, -0.2) is 0 Å². The van der Waals surface area contributed by atoms with E-state index in [1.165, 1.54) is 0 Å². The summed E-state index contributed by atoms with van der Waals surface area (Å²) >= 11 is 0. The number of methoxy groups -OCH3 is 1. The minimum absolute atomic E-state index is 0.0996. The first-order valence-corrected chi connectivity index (χ1v) is 4.07. The van der Waals surface area contributed by atoms with Crippen LogP contribution in [0.3, 0.4) is 0 Å². The first-order chi connectivity index (χ1) is 5.13. The van der Waals surface area contributed by atoms with E-state index in [-0.39, 0.29) is 6.04 Å². The lowest BCUT2D eigenvalue weighted by atomic mass is 10.1. The van der Waals surface area contributed by atoms with E-state index in [4.69, 9.17) is 15.2 Å². The van der Waals surface area contributed by atoms with Gasteiger partial charge in [0.2, 0.25) is 0 Å².